The molecule has 0 radical (unpaired) electrons. The van der Waals surface area contributed by atoms with E-state index in [-0.39, 0.29) is 31.6 Å². The molecule has 1 aliphatic heterocycles. The highest BCUT2D eigenvalue weighted by Gasteiger charge is 2.53. The Labute approximate surface area is 195 Å². The van der Waals surface area contributed by atoms with E-state index in [4.69, 9.17) is 4.74 Å². The molecule has 0 spiro atoms. The number of fused-ring (bicyclic) bond motifs is 1. The number of halogens is 2. The minimum absolute atomic E-state index is 0. The third-order valence-corrected chi connectivity index (χ3v) is 5.86. The fourth-order valence-corrected chi connectivity index (χ4v) is 3.95. The monoisotopic (exact) mass is 472 g/mol. The van der Waals surface area contributed by atoms with Gasteiger partial charge in [0.25, 0.3) is 0 Å². The predicted molar refractivity (Wildman–Crippen MR) is 120 cm³/mol. The zero-order chi connectivity index (χ0) is 24.1. The summed E-state index contributed by atoms with van der Waals surface area (Å²) >= 11 is 0. The van der Waals surface area contributed by atoms with Gasteiger partial charge in [0.1, 0.15) is 17.1 Å². The Morgan fingerprint density at radius 2 is 1.85 bits per heavy atom. The van der Waals surface area contributed by atoms with E-state index in [1.165, 1.54) is 25.3 Å². The van der Waals surface area contributed by atoms with E-state index in [2.05, 4.69) is 19.8 Å². The molecule has 1 amide bonds. The number of rotatable bonds is 6. The topological polar surface area (TPSA) is 107 Å². The van der Waals surface area contributed by atoms with Gasteiger partial charge in [-0.05, 0) is 54.8 Å². The smallest absolute Gasteiger partial charge is 0.496 e. The van der Waals surface area contributed by atoms with E-state index in [1.807, 2.05) is 0 Å². The molecule has 5 rings (SSSR count). The van der Waals surface area contributed by atoms with Crippen LogP contribution in [0.25, 0.3) is 11.3 Å². The number of aromatic carboxylic acids is 1. The van der Waals surface area contributed by atoms with Crippen LogP contribution in [0, 0.1) is 0 Å². The molecule has 1 aromatic heterocycles. The van der Waals surface area contributed by atoms with Gasteiger partial charge in [0.05, 0.1) is 18.2 Å². The van der Waals surface area contributed by atoms with Crippen LogP contribution in [0.1, 0.15) is 31.6 Å². The van der Waals surface area contributed by atoms with E-state index in [1.54, 1.807) is 36.4 Å². The van der Waals surface area contributed by atoms with E-state index >= 15 is 0 Å². The van der Waals surface area contributed by atoms with Crippen molar-refractivity contribution in [3.63, 3.8) is 0 Å². The van der Waals surface area contributed by atoms with Crippen LogP contribution in [0.3, 0.4) is 0 Å². The van der Waals surface area contributed by atoms with E-state index in [9.17, 15) is 23.5 Å². The highest BCUT2D eigenvalue weighted by atomic mass is 19.3. The van der Waals surface area contributed by atoms with Crippen molar-refractivity contribution in [2.45, 2.75) is 24.6 Å². The van der Waals surface area contributed by atoms with E-state index in [0.29, 0.717) is 35.5 Å². The Balaban J connectivity index is 0.00000180. The second kappa shape index (κ2) is 7.68. The lowest BCUT2D eigenvalue weighted by Gasteiger charge is -2.16. The van der Waals surface area contributed by atoms with Crippen LogP contribution in [0.5, 0.6) is 17.2 Å². The van der Waals surface area contributed by atoms with Crippen molar-refractivity contribution in [1.29, 1.82) is 0 Å². The number of carboxylic acids is 1. The first-order valence-electron chi connectivity index (χ1n) is 10.3. The summed E-state index contributed by atoms with van der Waals surface area (Å²) in [7, 11) is 1.38. The Morgan fingerprint density at radius 3 is 2.56 bits per heavy atom. The molecule has 1 fully saturated rings. The molecule has 0 bridgehead atoms. The lowest BCUT2D eigenvalue weighted by Crippen LogP contribution is -2.28. The van der Waals surface area contributed by atoms with Crippen LogP contribution >= 0.6 is 0 Å². The Kier molecular flexibility index (Phi) is 4.89. The van der Waals surface area contributed by atoms with Gasteiger partial charge in [-0.25, -0.2) is 9.78 Å². The molecule has 2 aromatic carbocycles. The van der Waals surface area contributed by atoms with Crippen molar-refractivity contribution in [3.8, 4) is 28.5 Å². The molecule has 0 unspecified atom stereocenters. The van der Waals surface area contributed by atoms with Gasteiger partial charge < -0.3 is 24.6 Å². The molecular weight excluding hydrogens is 450 g/mol. The number of carboxylic acid groups (broad SMARTS) is 1. The number of amides is 1. The number of ether oxygens (including phenoxy) is 3. The molecule has 3 aromatic rings. The summed E-state index contributed by atoms with van der Waals surface area (Å²) in [6.45, 7) is 0. The van der Waals surface area contributed by atoms with Crippen LogP contribution in [0.4, 0.5) is 14.6 Å². The predicted octanol–water partition coefficient (Wildman–Crippen LogP) is 4.94. The van der Waals surface area contributed by atoms with Crippen molar-refractivity contribution >= 4 is 17.7 Å². The molecule has 2 aliphatic rings. The highest BCUT2D eigenvalue weighted by Crippen LogP contribution is 2.52. The summed E-state index contributed by atoms with van der Waals surface area (Å²) in [5.74, 6) is -1.14. The minimum Gasteiger partial charge on any atom is -0.496 e. The number of methoxy groups -OCH3 is 1. The number of anilines is 1. The first-order valence-corrected chi connectivity index (χ1v) is 10.3. The third-order valence-electron chi connectivity index (χ3n) is 5.86. The summed E-state index contributed by atoms with van der Waals surface area (Å²) < 4.78 is 40.8. The van der Waals surface area contributed by atoms with E-state index < -0.39 is 17.7 Å². The van der Waals surface area contributed by atoms with Crippen LogP contribution in [0.2, 0.25) is 0 Å². The number of pyridine rings is 1. The SMILES string of the molecule is COc1cc(-c2cccc(NC(=O)C3(c4ccc5c(c4)OC(F)(F)O5)CC3)n2)ccc1C(=O)O.[HH].[HH]. The standard InChI is InChI=1S/C24H18F2N2O6.2H2/c1-32-18-11-13(5-7-15(18)21(29)30)16-3-2-4-20(27-16)28-22(31)23(9-10-23)14-6-8-17-19(12-14)34-24(25,26)33-17;;/h2-8,11-12H,9-10H2,1H3,(H,29,30)(H,27,28,31);2*1H. The Bertz CT molecular complexity index is 1330. The number of hydrogen-bond acceptors (Lipinski definition) is 6. The first-order chi connectivity index (χ1) is 16.2. The molecular formula is C24H22F2N2O6. The van der Waals surface area contributed by atoms with Gasteiger partial charge in [0.2, 0.25) is 5.91 Å². The molecule has 34 heavy (non-hydrogen) atoms. The summed E-state index contributed by atoms with van der Waals surface area (Å²) in [5.41, 5.74) is 0.808. The Morgan fingerprint density at radius 1 is 1.09 bits per heavy atom. The maximum absolute atomic E-state index is 13.3. The van der Waals surface area contributed by atoms with Gasteiger partial charge in [0.15, 0.2) is 11.5 Å². The van der Waals surface area contributed by atoms with Crippen LogP contribution in [0.15, 0.2) is 54.6 Å². The number of nitrogens with one attached hydrogen (secondary N) is 1. The van der Waals surface area contributed by atoms with Crippen molar-refractivity contribution < 1.29 is 40.5 Å². The summed E-state index contributed by atoms with van der Waals surface area (Å²) in [6.07, 6.45) is -2.64. The number of nitrogens with zero attached hydrogens (tertiary/aromatic N) is 1. The lowest BCUT2D eigenvalue weighted by molar-refractivity contribution is -0.286. The highest BCUT2D eigenvalue weighted by molar-refractivity contribution is 6.01. The Hall–Kier alpha value is -4.21. The van der Waals surface area contributed by atoms with Crippen molar-refractivity contribution in [1.82, 2.24) is 4.98 Å². The van der Waals surface area contributed by atoms with Crippen LogP contribution in [-0.2, 0) is 10.2 Å². The van der Waals surface area contributed by atoms with Crippen molar-refractivity contribution in [2.75, 3.05) is 12.4 Å². The van der Waals surface area contributed by atoms with Gasteiger partial charge in [-0.3, -0.25) is 4.79 Å². The number of alkyl halides is 2. The van der Waals surface area contributed by atoms with Gasteiger partial charge in [0, 0.05) is 8.42 Å². The largest absolute Gasteiger partial charge is 0.586 e. The van der Waals surface area contributed by atoms with Crippen LogP contribution < -0.4 is 19.5 Å². The molecule has 0 saturated heterocycles. The zero-order valence-electron chi connectivity index (χ0n) is 17.8. The fourth-order valence-electron chi connectivity index (χ4n) is 3.95. The van der Waals surface area contributed by atoms with Gasteiger partial charge in [-0.2, -0.15) is 0 Å². The normalized spacial score (nSPS) is 16.6. The molecule has 1 aliphatic carbocycles. The summed E-state index contributed by atoms with van der Waals surface area (Å²) in [4.78, 5) is 28.9. The second-order valence-corrected chi connectivity index (χ2v) is 7.99. The zero-order valence-corrected chi connectivity index (χ0v) is 17.8. The average molecular weight is 472 g/mol. The van der Waals surface area contributed by atoms with Crippen LogP contribution in [-0.4, -0.2) is 35.4 Å². The van der Waals surface area contributed by atoms with E-state index in [0.717, 1.165) is 0 Å². The molecule has 10 heteroatoms. The average Bonchev–Trinajstić information content (AvgIpc) is 3.56. The first kappa shape index (κ1) is 21.6. The number of hydrogen-bond donors (Lipinski definition) is 2. The second-order valence-electron chi connectivity index (χ2n) is 7.99. The van der Waals surface area contributed by atoms with Crippen molar-refractivity contribution in [2.24, 2.45) is 0 Å². The van der Waals surface area contributed by atoms with Crippen molar-refractivity contribution in [3.05, 3.63) is 65.7 Å². The van der Waals surface area contributed by atoms with Gasteiger partial charge >= 0.3 is 12.3 Å². The molecule has 0 atom stereocenters. The molecule has 1 saturated carbocycles. The molecule has 2 heterocycles. The number of carbonyl (C=O) groups excluding carboxylic acids is 1. The fraction of sp³-hybridized carbons (Fsp3) is 0.208. The van der Waals surface area contributed by atoms with Gasteiger partial charge in [-0.15, -0.1) is 8.78 Å². The number of aromatic nitrogens is 1. The molecule has 2 N–H and O–H groups in total. The third kappa shape index (κ3) is 3.76. The number of benzene rings is 2. The minimum atomic E-state index is -3.73. The van der Waals surface area contributed by atoms with Gasteiger partial charge in [-0.1, -0.05) is 18.2 Å². The lowest BCUT2D eigenvalue weighted by atomic mass is 9.94. The summed E-state index contributed by atoms with van der Waals surface area (Å²) in [6, 6.07) is 14.0. The molecule has 178 valence electrons. The summed E-state index contributed by atoms with van der Waals surface area (Å²) in [5, 5.41) is 12.1. The number of carbonyl (C=O) groups is 2. The maximum atomic E-state index is 13.3. The quantitative estimate of drug-likeness (QED) is 0.523. The molecule has 8 nitrogen and oxygen atoms in total. The maximum Gasteiger partial charge on any atom is 0.586 e.